The molecule has 0 radical (unpaired) electrons. The van der Waals surface area contributed by atoms with Gasteiger partial charge in [-0.05, 0) is 109 Å². The number of ether oxygens (including phenoxy) is 1. The summed E-state index contributed by atoms with van der Waals surface area (Å²) in [4.78, 5) is 13.7. The molecule has 1 aromatic rings. The van der Waals surface area contributed by atoms with Crippen LogP contribution >= 0.6 is 21.6 Å². The molecule has 6 aliphatic carbocycles. The van der Waals surface area contributed by atoms with Crippen LogP contribution in [0.4, 0.5) is 5.69 Å². The number of aliphatic hydroxyl groups is 2. The lowest BCUT2D eigenvalue weighted by Crippen LogP contribution is -2.60. The summed E-state index contributed by atoms with van der Waals surface area (Å²) in [6, 6.07) is 8.96. The number of carbonyl (C=O) groups is 1. The number of Topliss-reactive ketones (excluding diaryl/α,β-unsaturated/α-hetero) is 1. The molecule has 14 unspecified atom stereocenters. The van der Waals surface area contributed by atoms with Crippen LogP contribution < -0.4 is 5.32 Å². The van der Waals surface area contributed by atoms with Gasteiger partial charge in [-0.25, -0.2) is 0 Å². The molecule has 1 aromatic carbocycles. The summed E-state index contributed by atoms with van der Waals surface area (Å²) < 4.78 is 5.96. The Labute approximate surface area is 253 Å². The van der Waals surface area contributed by atoms with Crippen molar-refractivity contribution in [2.45, 2.75) is 89.6 Å². The van der Waals surface area contributed by atoms with Gasteiger partial charge in [-0.2, -0.15) is 0 Å². The summed E-state index contributed by atoms with van der Waals surface area (Å²) in [5.41, 5.74) is 1.26. The normalized spacial score (nSPS) is 53.9. The Bertz CT molecular complexity index is 1260. The molecule has 7 heteroatoms. The monoisotopic (exact) mass is 597 g/mol. The maximum atomic E-state index is 13.7. The minimum Gasteiger partial charge on any atom is -0.391 e. The van der Waals surface area contributed by atoms with Crippen LogP contribution in [0.5, 0.6) is 0 Å². The highest BCUT2D eigenvalue weighted by molar-refractivity contribution is 8.76. The third-order valence-corrected chi connectivity index (χ3v) is 17.2. The highest BCUT2D eigenvalue weighted by Crippen LogP contribution is 2.89. The molecule has 3 N–H and O–H groups in total. The van der Waals surface area contributed by atoms with E-state index in [1.807, 2.05) is 28.5 Å². The maximum absolute atomic E-state index is 13.7. The second-order valence-electron chi connectivity index (χ2n) is 15.5. The van der Waals surface area contributed by atoms with E-state index in [1.165, 1.54) is 31.2 Å². The molecule has 14 atom stereocenters. The molecule has 0 aromatic heterocycles. The first kappa shape index (κ1) is 27.8. The van der Waals surface area contributed by atoms with Crippen LogP contribution in [0.1, 0.15) is 64.9 Å². The van der Waals surface area contributed by atoms with Crippen molar-refractivity contribution in [3.05, 3.63) is 29.8 Å². The molecule has 0 amide bonds. The van der Waals surface area contributed by atoms with Gasteiger partial charge >= 0.3 is 0 Å². The maximum Gasteiger partial charge on any atom is 0.141 e. The Morgan fingerprint density at radius 3 is 2.61 bits per heavy atom. The number of fused-ring (bicyclic) bond motifs is 8. The van der Waals surface area contributed by atoms with E-state index in [1.54, 1.807) is 7.11 Å². The van der Waals surface area contributed by atoms with Gasteiger partial charge in [-0.1, -0.05) is 47.6 Å². The number of rotatable bonds is 2. The van der Waals surface area contributed by atoms with Crippen LogP contribution in [0.15, 0.2) is 24.3 Å². The molecule has 1 aliphatic heterocycles. The Morgan fingerprint density at radius 1 is 1.05 bits per heavy atom. The number of aliphatic hydroxyl groups excluding tert-OH is 1. The lowest BCUT2D eigenvalue weighted by molar-refractivity contribution is -0.193. The molecule has 1 spiro atoms. The zero-order valence-corrected chi connectivity index (χ0v) is 26.6. The van der Waals surface area contributed by atoms with Gasteiger partial charge in [-0.3, -0.25) is 4.79 Å². The first-order chi connectivity index (χ1) is 19.6. The second-order valence-corrected chi connectivity index (χ2v) is 18.1. The Balaban J connectivity index is 1.22. The van der Waals surface area contributed by atoms with Gasteiger partial charge < -0.3 is 20.3 Å². The van der Waals surface area contributed by atoms with Crippen LogP contribution in [0.2, 0.25) is 0 Å². The summed E-state index contributed by atoms with van der Waals surface area (Å²) in [6.07, 6.45) is 6.84. The Kier molecular flexibility index (Phi) is 6.20. The van der Waals surface area contributed by atoms with E-state index < -0.39 is 11.7 Å². The van der Waals surface area contributed by atoms with E-state index in [0.29, 0.717) is 36.0 Å². The number of benzene rings is 1. The van der Waals surface area contributed by atoms with Crippen molar-refractivity contribution in [1.29, 1.82) is 0 Å². The van der Waals surface area contributed by atoms with Crippen molar-refractivity contribution >= 4 is 33.1 Å². The third kappa shape index (κ3) is 3.26. The van der Waals surface area contributed by atoms with E-state index in [9.17, 15) is 15.0 Å². The number of methoxy groups -OCH3 is 1. The number of hydrogen-bond donors (Lipinski definition) is 3. The van der Waals surface area contributed by atoms with E-state index >= 15 is 0 Å². The van der Waals surface area contributed by atoms with Crippen LogP contribution in [0, 0.1) is 57.7 Å². The first-order valence-corrected chi connectivity index (χ1v) is 18.6. The fourth-order valence-corrected chi connectivity index (χ4v) is 16.0. The summed E-state index contributed by atoms with van der Waals surface area (Å²) >= 11 is 0. The predicted octanol–water partition coefficient (Wildman–Crippen LogP) is 5.84. The Morgan fingerprint density at radius 2 is 1.83 bits per heavy atom. The van der Waals surface area contributed by atoms with Gasteiger partial charge in [0.25, 0.3) is 0 Å². The third-order valence-electron chi connectivity index (χ3n) is 14.7. The van der Waals surface area contributed by atoms with Crippen molar-refractivity contribution in [2.24, 2.45) is 57.7 Å². The minimum absolute atomic E-state index is 0.0259. The average Bonchev–Trinajstić information content (AvgIpc) is 3.52. The predicted molar refractivity (Wildman–Crippen MR) is 166 cm³/mol. The molecule has 0 saturated heterocycles. The summed E-state index contributed by atoms with van der Waals surface area (Å²) in [5.74, 6) is 5.45. The largest absolute Gasteiger partial charge is 0.391 e. The van der Waals surface area contributed by atoms with Gasteiger partial charge in [0, 0.05) is 36.1 Å². The number of carbonyl (C=O) groups excluding carboxylic acids is 1. The second kappa shape index (κ2) is 9.15. The van der Waals surface area contributed by atoms with Gasteiger partial charge in [-0.15, -0.1) is 0 Å². The SMILES string of the molecule is COC1CC(=O)C2C3C4CC(C)(C12O)C3(C)C12CC3Cc5cccc(c5)NC(C(C)O)CSSCC3C1CCC4C2. The molecule has 7 aliphatic rings. The van der Waals surface area contributed by atoms with Crippen molar-refractivity contribution in [3.63, 3.8) is 0 Å². The minimum atomic E-state index is -1.04. The topological polar surface area (TPSA) is 78.8 Å². The van der Waals surface area contributed by atoms with Crippen molar-refractivity contribution in [1.82, 2.24) is 0 Å². The number of hydrogen-bond acceptors (Lipinski definition) is 7. The molecular weight excluding hydrogens is 551 g/mol. The summed E-state index contributed by atoms with van der Waals surface area (Å²) in [5, 5.41) is 26.8. The lowest BCUT2D eigenvalue weighted by atomic mass is 9.41. The molecule has 6 fully saturated rings. The van der Waals surface area contributed by atoms with Crippen LogP contribution in [-0.4, -0.2) is 58.5 Å². The fraction of sp³-hybridized carbons (Fsp3) is 0.794. The van der Waals surface area contributed by atoms with E-state index in [4.69, 9.17) is 4.74 Å². The zero-order valence-electron chi connectivity index (χ0n) is 25.0. The van der Waals surface area contributed by atoms with Gasteiger partial charge in [0.05, 0.1) is 24.2 Å². The summed E-state index contributed by atoms with van der Waals surface area (Å²) in [7, 11) is 5.64. The lowest BCUT2D eigenvalue weighted by Gasteiger charge is -2.63. The molecule has 6 saturated carbocycles. The highest BCUT2D eigenvalue weighted by atomic mass is 33.1. The van der Waals surface area contributed by atoms with Crippen LogP contribution in [-0.2, 0) is 16.0 Å². The zero-order chi connectivity index (χ0) is 28.5. The summed E-state index contributed by atoms with van der Waals surface area (Å²) in [6.45, 7) is 6.83. The van der Waals surface area contributed by atoms with E-state index in [2.05, 4.69) is 43.4 Å². The highest BCUT2D eigenvalue weighted by Gasteiger charge is 2.89. The number of ketones is 1. The molecule has 224 valence electrons. The van der Waals surface area contributed by atoms with Crippen molar-refractivity contribution in [3.8, 4) is 0 Å². The van der Waals surface area contributed by atoms with Crippen LogP contribution in [0.3, 0.4) is 0 Å². The molecule has 41 heavy (non-hydrogen) atoms. The average molecular weight is 598 g/mol. The van der Waals surface area contributed by atoms with Crippen LogP contribution in [0.25, 0.3) is 0 Å². The standard InChI is InChI=1S/C34H47NO4S2/c1-18(36)26-17-41-40-16-24-21(10-19-6-5-7-22(11-19)35-26)14-33-13-20(8-9-25(24)33)23-15-31(2)32(33,3)29(23)30-27(37)12-28(39-4)34(30,31)38/h5-7,11,18,20-21,23-26,28-30,35-36,38H,8-10,12-17H2,1-4H3. The molecule has 1 heterocycles. The Hall–Kier alpha value is -0.730. The molecular formula is C34H47NO4S2. The van der Waals surface area contributed by atoms with Gasteiger partial charge in [0.15, 0.2) is 0 Å². The first-order valence-electron chi connectivity index (χ1n) is 16.1. The molecule has 5 nitrogen and oxygen atoms in total. The van der Waals surface area contributed by atoms with E-state index in [0.717, 1.165) is 30.0 Å². The number of nitrogens with one attached hydrogen (secondary N) is 1. The van der Waals surface area contributed by atoms with Crippen molar-refractivity contribution < 1.29 is 19.7 Å². The molecule has 8 bridgehead atoms. The van der Waals surface area contributed by atoms with E-state index in [-0.39, 0.29) is 46.0 Å². The van der Waals surface area contributed by atoms with Gasteiger partial charge in [0.1, 0.15) is 11.4 Å². The quantitative estimate of drug-likeness (QED) is 0.370. The molecule has 8 rings (SSSR count). The van der Waals surface area contributed by atoms with Gasteiger partial charge in [0.2, 0.25) is 0 Å². The smallest absolute Gasteiger partial charge is 0.141 e. The van der Waals surface area contributed by atoms with Crippen molar-refractivity contribution in [2.75, 3.05) is 23.9 Å². The fourth-order valence-electron chi connectivity index (χ4n) is 13.2. The number of anilines is 1.